The van der Waals surface area contributed by atoms with E-state index in [1.807, 2.05) is 6.92 Å². The van der Waals surface area contributed by atoms with Gasteiger partial charge in [-0.2, -0.15) is 0 Å². The molecule has 2 amide bonds. The van der Waals surface area contributed by atoms with Crippen LogP contribution in [0.25, 0.3) is 0 Å². The zero-order valence-corrected chi connectivity index (χ0v) is 21.6. The van der Waals surface area contributed by atoms with Gasteiger partial charge in [-0.25, -0.2) is 4.39 Å². The molecule has 0 spiro atoms. The number of carbonyl (C=O) groups is 3. The molecular weight excluding hydrogens is 461 g/mol. The van der Waals surface area contributed by atoms with E-state index in [-0.39, 0.29) is 11.6 Å². The van der Waals surface area contributed by atoms with Crippen molar-refractivity contribution in [1.82, 2.24) is 4.57 Å². The van der Waals surface area contributed by atoms with Gasteiger partial charge in [-0.1, -0.05) is 12.8 Å². The molecule has 2 aliphatic carbocycles. The molecule has 0 atom stereocenters. The van der Waals surface area contributed by atoms with Gasteiger partial charge < -0.3 is 15.4 Å². The van der Waals surface area contributed by atoms with E-state index in [1.165, 1.54) is 17.0 Å². The predicted octanol–water partition coefficient (Wildman–Crippen LogP) is 4.45. The number of hydrogen-bond acceptors (Lipinski definition) is 4. The summed E-state index contributed by atoms with van der Waals surface area (Å²) in [5.74, 6) is -2.35. The Morgan fingerprint density at radius 1 is 1.11 bits per heavy atom. The summed E-state index contributed by atoms with van der Waals surface area (Å²) in [6.45, 7) is 5.19. The Morgan fingerprint density at radius 2 is 1.72 bits per heavy atom. The fourth-order valence-corrected chi connectivity index (χ4v) is 6.25. The number of nitrogens with zero attached hydrogens (tertiary/aromatic N) is 2. The molecule has 2 saturated carbocycles. The van der Waals surface area contributed by atoms with Crippen molar-refractivity contribution in [3.8, 4) is 0 Å². The fraction of sp³-hybridized carbons (Fsp3) is 0.536. The van der Waals surface area contributed by atoms with Gasteiger partial charge in [0.2, 0.25) is 0 Å². The molecule has 1 aromatic heterocycles. The summed E-state index contributed by atoms with van der Waals surface area (Å²) >= 11 is 0. The SMILES string of the molecule is Cc1cc(N(C(=O)C(=O)c2c(C)c(C(N)=O)c(C3CCCC3)n2C)C2(C)CCC(O)CC2)ccc1F. The van der Waals surface area contributed by atoms with Crippen molar-refractivity contribution in [1.29, 1.82) is 0 Å². The molecule has 1 heterocycles. The summed E-state index contributed by atoms with van der Waals surface area (Å²) in [5, 5.41) is 10.1. The van der Waals surface area contributed by atoms with E-state index in [4.69, 9.17) is 5.73 Å². The Hall–Kier alpha value is -3.00. The molecule has 0 aliphatic heterocycles. The Kier molecular flexibility index (Phi) is 7.10. The second-order valence-corrected chi connectivity index (χ2v) is 10.8. The molecule has 2 aliphatic rings. The maximum absolute atomic E-state index is 14.1. The molecule has 4 rings (SSSR count). The molecule has 0 saturated heterocycles. The number of anilines is 1. The van der Waals surface area contributed by atoms with Gasteiger partial charge in [-0.05, 0) is 88.6 Å². The Morgan fingerprint density at radius 3 is 2.28 bits per heavy atom. The molecule has 1 aromatic carbocycles. The lowest BCUT2D eigenvalue weighted by atomic mass is 9.79. The first-order valence-electron chi connectivity index (χ1n) is 12.8. The molecule has 194 valence electrons. The lowest BCUT2D eigenvalue weighted by Crippen LogP contribution is -2.55. The van der Waals surface area contributed by atoms with Crippen molar-refractivity contribution in [3.05, 3.63) is 52.1 Å². The van der Waals surface area contributed by atoms with Gasteiger partial charge in [0.25, 0.3) is 11.7 Å². The topological polar surface area (TPSA) is 106 Å². The first kappa shape index (κ1) is 26.1. The van der Waals surface area contributed by atoms with Crippen molar-refractivity contribution in [2.24, 2.45) is 12.8 Å². The van der Waals surface area contributed by atoms with Crippen molar-refractivity contribution < 1.29 is 23.9 Å². The number of halogens is 1. The van der Waals surface area contributed by atoms with Gasteiger partial charge >= 0.3 is 5.91 Å². The number of aryl methyl sites for hydroxylation is 1. The largest absolute Gasteiger partial charge is 0.393 e. The number of Topliss-reactive ketones (excluding diaryl/α,β-unsaturated/α-hetero) is 1. The van der Waals surface area contributed by atoms with E-state index < -0.39 is 35.1 Å². The molecule has 8 heteroatoms. The summed E-state index contributed by atoms with van der Waals surface area (Å²) in [5.41, 5.74) is 7.46. The van der Waals surface area contributed by atoms with Crippen LogP contribution in [-0.2, 0) is 11.8 Å². The van der Waals surface area contributed by atoms with Crippen LogP contribution in [0.3, 0.4) is 0 Å². The standard InChI is InChI=1S/C28H36FN3O4/c1-16-15-19(9-10-21(16)29)32(28(3)13-11-20(33)12-14-28)27(36)25(34)23-17(2)22(26(30)35)24(31(23)4)18-7-5-6-8-18/h9-10,15,18,20,33H,5-8,11-14H2,1-4H3,(H2,30,35). The van der Waals surface area contributed by atoms with Crippen LogP contribution < -0.4 is 10.6 Å². The minimum Gasteiger partial charge on any atom is -0.393 e. The van der Waals surface area contributed by atoms with E-state index in [2.05, 4.69) is 0 Å². The Bertz CT molecular complexity index is 1200. The number of carbonyl (C=O) groups excluding carboxylic acids is 3. The molecule has 36 heavy (non-hydrogen) atoms. The second-order valence-electron chi connectivity index (χ2n) is 10.8. The lowest BCUT2D eigenvalue weighted by Gasteiger charge is -2.44. The van der Waals surface area contributed by atoms with Crippen molar-refractivity contribution in [2.75, 3.05) is 4.90 Å². The molecule has 0 unspecified atom stereocenters. The van der Waals surface area contributed by atoms with Crippen LogP contribution in [0, 0.1) is 19.7 Å². The van der Waals surface area contributed by atoms with Crippen molar-refractivity contribution in [3.63, 3.8) is 0 Å². The van der Waals surface area contributed by atoms with Gasteiger partial charge in [-0.3, -0.25) is 19.3 Å². The number of nitrogens with two attached hydrogens (primary N) is 1. The van der Waals surface area contributed by atoms with Crippen LogP contribution in [0.1, 0.15) is 102 Å². The first-order chi connectivity index (χ1) is 17.0. The third-order valence-corrected chi connectivity index (χ3v) is 8.26. The summed E-state index contributed by atoms with van der Waals surface area (Å²) in [6.07, 6.45) is 5.41. The summed E-state index contributed by atoms with van der Waals surface area (Å²) in [4.78, 5) is 41.9. The fourth-order valence-electron chi connectivity index (χ4n) is 6.25. The molecule has 0 radical (unpaired) electrons. The van der Waals surface area contributed by atoms with Crippen molar-refractivity contribution in [2.45, 2.75) is 89.7 Å². The number of benzene rings is 1. The van der Waals surface area contributed by atoms with Crippen LogP contribution in [0.4, 0.5) is 10.1 Å². The number of rotatable bonds is 6. The lowest BCUT2D eigenvalue weighted by molar-refractivity contribution is -0.116. The number of amides is 2. The monoisotopic (exact) mass is 497 g/mol. The minimum atomic E-state index is -0.740. The smallest absolute Gasteiger partial charge is 0.301 e. The number of aliphatic hydroxyl groups is 1. The summed E-state index contributed by atoms with van der Waals surface area (Å²) < 4.78 is 15.8. The number of ketones is 1. The van der Waals surface area contributed by atoms with E-state index in [9.17, 15) is 23.9 Å². The average Bonchev–Trinajstić information content (AvgIpc) is 3.44. The van der Waals surface area contributed by atoms with Gasteiger partial charge in [0.15, 0.2) is 0 Å². The number of primary amides is 1. The molecular formula is C28H36FN3O4. The quantitative estimate of drug-likeness (QED) is 0.454. The second kappa shape index (κ2) is 9.81. The van der Waals surface area contributed by atoms with Gasteiger partial charge in [0.1, 0.15) is 5.82 Å². The first-order valence-corrected chi connectivity index (χ1v) is 12.8. The highest BCUT2D eigenvalue weighted by molar-refractivity contribution is 6.47. The van der Waals surface area contributed by atoms with Gasteiger partial charge in [0, 0.05) is 29.9 Å². The van der Waals surface area contributed by atoms with E-state index in [0.29, 0.717) is 48.1 Å². The van der Waals surface area contributed by atoms with Gasteiger partial charge in [0.05, 0.1) is 17.4 Å². The minimum absolute atomic E-state index is 0.112. The molecule has 7 nitrogen and oxygen atoms in total. The van der Waals surface area contributed by atoms with E-state index in [0.717, 1.165) is 31.4 Å². The molecule has 2 fully saturated rings. The third-order valence-electron chi connectivity index (χ3n) is 8.26. The van der Waals surface area contributed by atoms with Crippen LogP contribution >= 0.6 is 0 Å². The maximum atomic E-state index is 14.1. The maximum Gasteiger partial charge on any atom is 0.301 e. The highest BCUT2D eigenvalue weighted by atomic mass is 19.1. The third kappa shape index (κ3) is 4.47. The van der Waals surface area contributed by atoms with Crippen LogP contribution in [0.15, 0.2) is 18.2 Å². The Balaban J connectivity index is 1.81. The molecule has 3 N–H and O–H groups in total. The van der Waals surface area contributed by atoms with E-state index >= 15 is 0 Å². The predicted molar refractivity (Wildman–Crippen MR) is 136 cm³/mol. The van der Waals surface area contributed by atoms with E-state index in [1.54, 1.807) is 31.5 Å². The summed E-state index contributed by atoms with van der Waals surface area (Å²) in [7, 11) is 1.72. The Labute approximate surface area is 211 Å². The number of hydrogen-bond donors (Lipinski definition) is 2. The van der Waals surface area contributed by atoms with Crippen molar-refractivity contribution >= 4 is 23.3 Å². The average molecular weight is 498 g/mol. The normalized spacial score (nSPS) is 22.6. The van der Waals surface area contributed by atoms with Crippen LogP contribution in [-0.4, -0.2) is 38.9 Å². The number of aliphatic hydroxyl groups excluding tert-OH is 1. The zero-order chi connectivity index (χ0) is 26.4. The zero-order valence-electron chi connectivity index (χ0n) is 21.6. The van der Waals surface area contributed by atoms with Crippen LogP contribution in [0.5, 0.6) is 0 Å². The summed E-state index contributed by atoms with van der Waals surface area (Å²) in [6, 6.07) is 4.39. The van der Waals surface area contributed by atoms with Gasteiger partial charge in [-0.15, -0.1) is 0 Å². The number of aromatic nitrogens is 1. The molecule has 0 bridgehead atoms. The highest BCUT2D eigenvalue weighted by Crippen LogP contribution is 2.40. The molecule has 2 aromatic rings. The van der Waals surface area contributed by atoms with Crippen LogP contribution in [0.2, 0.25) is 0 Å². The highest BCUT2D eigenvalue weighted by Gasteiger charge is 2.43.